The third-order valence-corrected chi connectivity index (χ3v) is 1.36. The van der Waals surface area contributed by atoms with Gasteiger partial charge in [0.15, 0.2) is 0 Å². The highest BCUT2D eigenvalue weighted by molar-refractivity contribution is 4.44. The van der Waals surface area contributed by atoms with Crippen molar-refractivity contribution in [2.75, 3.05) is 13.2 Å². The van der Waals surface area contributed by atoms with Crippen LogP contribution in [-0.4, -0.2) is 45.8 Å². The summed E-state index contributed by atoms with van der Waals surface area (Å²) in [6, 6.07) is 0. The second kappa shape index (κ2) is 10.8. The summed E-state index contributed by atoms with van der Waals surface area (Å²) in [6.45, 7) is 3.23. The Bertz CT molecular complexity index is 59.5. The molecule has 0 spiro atoms. The Morgan fingerprint density at radius 1 is 0.833 bits per heavy atom. The molecule has 4 N–H and O–H groups in total. The van der Waals surface area contributed by atoms with Crippen molar-refractivity contribution in [2.45, 2.75) is 38.9 Å². The maximum Gasteiger partial charge on any atom is 0.100 e. The van der Waals surface area contributed by atoms with Gasteiger partial charge in [-0.2, -0.15) is 0 Å². The van der Waals surface area contributed by atoms with E-state index in [9.17, 15) is 0 Å². The maximum atomic E-state index is 8.67. The quantitative estimate of drug-likeness (QED) is 0.470. The maximum absolute atomic E-state index is 8.67. The van der Waals surface area contributed by atoms with E-state index in [2.05, 4.69) is 0 Å². The van der Waals surface area contributed by atoms with Crippen LogP contribution in [0.2, 0.25) is 0 Å². The highest BCUT2D eigenvalue weighted by Gasteiger charge is 1.93. The first-order valence-electron chi connectivity index (χ1n) is 4.20. The molecule has 0 atom stereocenters. The Morgan fingerprint density at radius 2 is 1.17 bits per heavy atom. The van der Waals surface area contributed by atoms with Gasteiger partial charge in [0.25, 0.3) is 0 Å². The molecule has 0 bridgehead atoms. The number of hydrogen-bond donors (Lipinski definition) is 4. The van der Waals surface area contributed by atoms with Crippen molar-refractivity contribution in [3.05, 3.63) is 0 Å². The average molecular weight is 180 g/mol. The van der Waals surface area contributed by atoms with Gasteiger partial charge in [0.05, 0.1) is 19.3 Å². The van der Waals surface area contributed by atoms with Crippen LogP contribution in [-0.2, 0) is 0 Å². The molecule has 0 aromatic heterocycles. The summed E-state index contributed by atoms with van der Waals surface area (Å²) in [6.07, 6.45) is 0.752. The van der Waals surface area contributed by atoms with E-state index >= 15 is 0 Å². The Morgan fingerprint density at radius 3 is 1.17 bits per heavy atom. The van der Waals surface area contributed by atoms with Crippen LogP contribution < -0.4 is 0 Å². The molecular formula is C8H20O4. The van der Waals surface area contributed by atoms with Gasteiger partial charge in [0.1, 0.15) is 6.10 Å². The largest absolute Gasteiger partial charge is 0.394 e. The Labute approximate surface area is 73.5 Å². The fourth-order valence-corrected chi connectivity index (χ4v) is 0.346. The second-order valence-electron chi connectivity index (χ2n) is 2.49. The van der Waals surface area contributed by atoms with Crippen LogP contribution in [0.1, 0.15) is 26.7 Å². The lowest BCUT2D eigenvalue weighted by Crippen LogP contribution is -2.15. The number of aliphatic hydroxyl groups excluding tert-OH is 4. The summed E-state index contributed by atoms with van der Waals surface area (Å²) in [5.74, 6) is 0. The van der Waals surface area contributed by atoms with Crippen molar-refractivity contribution < 1.29 is 20.4 Å². The third kappa shape index (κ3) is 12.5. The van der Waals surface area contributed by atoms with Crippen molar-refractivity contribution >= 4 is 0 Å². The SMILES string of the molecule is CCC(O)CC.OCC(O)CO. The Kier molecular flexibility index (Phi) is 13.0. The Balaban J connectivity index is 0. The van der Waals surface area contributed by atoms with E-state index in [0.29, 0.717) is 0 Å². The van der Waals surface area contributed by atoms with E-state index in [1.54, 1.807) is 0 Å². The summed E-state index contributed by atoms with van der Waals surface area (Å²) < 4.78 is 0. The van der Waals surface area contributed by atoms with Gasteiger partial charge in [0.2, 0.25) is 0 Å². The molecule has 0 aliphatic heterocycles. The van der Waals surface area contributed by atoms with Gasteiger partial charge in [-0.3, -0.25) is 0 Å². The predicted octanol–water partition coefficient (Wildman–Crippen LogP) is -0.501. The first-order valence-corrected chi connectivity index (χ1v) is 4.20. The van der Waals surface area contributed by atoms with Crippen LogP contribution >= 0.6 is 0 Å². The zero-order valence-electron chi connectivity index (χ0n) is 7.77. The first kappa shape index (κ1) is 14.4. The molecule has 0 aromatic rings. The summed E-state index contributed by atoms with van der Waals surface area (Å²) in [5, 5.41) is 32.7. The van der Waals surface area contributed by atoms with Gasteiger partial charge in [-0.05, 0) is 12.8 Å². The monoisotopic (exact) mass is 180 g/mol. The molecule has 0 amide bonds. The molecule has 0 rings (SSSR count). The van der Waals surface area contributed by atoms with Gasteiger partial charge in [-0.15, -0.1) is 0 Å². The molecule has 0 aromatic carbocycles. The number of aliphatic hydroxyl groups is 4. The summed E-state index contributed by atoms with van der Waals surface area (Å²) in [5.41, 5.74) is 0. The highest BCUT2D eigenvalue weighted by Crippen LogP contribution is 1.91. The van der Waals surface area contributed by atoms with Crippen LogP contribution in [0.15, 0.2) is 0 Å². The fraction of sp³-hybridized carbons (Fsp3) is 1.00. The van der Waals surface area contributed by atoms with Gasteiger partial charge in [0, 0.05) is 0 Å². The zero-order chi connectivity index (χ0) is 9.98. The lowest BCUT2D eigenvalue weighted by Gasteiger charge is -1.98. The molecule has 12 heavy (non-hydrogen) atoms. The van der Waals surface area contributed by atoms with Crippen LogP contribution in [0.3, 0.4) is 0 Å². The normalized spacial score (nSPS) is 10.0. The van der Waals surface area contributed by atoms with Crippen LogP contribution in [0, 0.1) is 0 Å². The molecule has 0 heterocycles. The summed E-state index contributed by atoms with van der Waals surface area (Å²) in [4.78, 5) is 0. The van der Waals surface area contributed by atoms with Gasteiger partial charge >= 0.3 is 0 Å². The lowest BCUT2D eigenvalue weighted by atomic mass is 10.2. The summed E-state index contributed by atoms with van der Waals surface area (Å²) >= 11 is 0. The van der Waals surface area contributed by atoms with E-state index in [1.165, 1.54) is 0 Å². The molecule has 0 fully saturated rings. The minimum Gasteiger partial charge on any atom is -0.394 e. The van der Waals surface area contributed by atoms with Crippen molar-refractivity contribution in [1.29, 1.82) is 0 Å². The molecular weight excluding hydrogens is 160 g/mol. The lowest BCUT2D eigenvalue weighted by molar-refractivity contribution is 0.0450. The minimum atomic E-state index is -0.954. The molecule has 0 aliphatic rings. The zero-order valence-corrected chi connectivity index (χ0v) is 7.77. The number of hydrogen-bond acceptors (Lipinski definition) is 4. The molecule has 4 heteroatoms. The van der Waals surface area contributed by atoms with Crippen LogP contribution in [0.25, 0.3) is 0 Å². The van der Waals surface area contributed by atoms with Crippen LogP contribution in [0.5, 0.6) is 0 Å². The standard InChI is InChI=1S/C5H12O.C3H8O3/c1-3-5(6)4-2;4-1-3(6)2-5/h5-6H,3-4H2,1-2H3;3-6H,1-2H2. The second-order valence-corrected chi connectivity index (χ2v) is 2.49. The van der Waals surface area contributed by atoms with Crippen molar-refractivity contribution in [3.8, 4) is 0 Å². The third-order valence-electron chi connectivity index (χ3n) is 1.36. The molecule has 76 valence electrons. The van der Waals surface area contributed by atoms with E-state index < -0.39 is 6.10 Å². The van der Waals surface area contributed by atoms with Crippen molar-refractivity contribution in [1.82, 2.24) is 0 Å². The molecule has 0 saturated heterocycles. The van der Waals surface area contributed by atoms with Gasteiger partial charge < -0.3 is 20.4 Å². The Hall–Kier alpha value is -0.160. The van der Waals surface area contributed by atoms with Gasteiger partial charge in [-0.1, -0.05) is 13.8 Å². The first-order chi connectivity index (χ1) is 5.62. The number of rotatable bonds is 4. The molecule has 0 radical (unpaired) electrons. The van der Waals surface area contributed by atoms with Crippen LogP contribution in [0.4, 0.5) is 0 Å². The van der Waals surface area contributed by atoms with E-state index in [-0.39, 0.29) is 19.3 Å². The van der Waals surface area contributed by atoms with Crippen molar-refractivity contribution in [3.63, 3.8) is 0 Å². The smallest absolute Gasteiger partial charge is 0.100 e. The van der Waals surface area contributed by atoms with Crippen molar-refractivity contribution in [2.24, 2.45) is 0 Å². The summed E-state index contributed by atoms with van der Waals surface area (Å²) in [7, 11) is 0. The minimum absolute atomic E-state index is 0.0648. The van der Waals surface area contributed by atoms with Gasteiger partial charge in [-0.25, -0.2) is 0 Å². The molecule has 0 unspecified atom stereocenters. The molecule has 0 aliphatic carbocycles. The molecule has 0 saturated carbocycles. The van der Waals surface area contributed by atoms with E-state index in [0.717, 1.165) is 12.8 Å². The average Bonchev–Trinajstić information content (AvgIpc) is 2.16. The highest BCUT2D eigenvalue weighted by atomic mass is 16.3. The molecule has 4 nitrogen and oxygen atoms in total. The van der Waals surface area contributed by atoms with E-state index in [1.807, 2.05) is 13.8 Å². The topological polar surface area (TPSA) is 80.9 Å². The fourth-order valence-electron chi connectivity index (χ4n) is 0.346. The predicted molar refractivity (Wildman–Crippen MR) is 46.8 cm³/mol. The van der Waals surface area contributed by atoms with E-state index in [4.69, 9.17) is 20.4 Å².